The average Bonchev–Trinajstić information content (AvgIpc) is 1.83. The number of hydrogen-bond acceptors (Lipinski definition) is 2. The van der Waals surface area contributed by atoms with E-state index in [2.05, 4.69) is 10.7 Å². The molecule has 0 amide bonds. The fourth-order valence-electron chi connectivity index (χ4n) is 0.597. The Morgan fingerprint density at radius 3 is 3.30 bits per heavy atom. The van der Waals surface area contributed by atoms with Crippen LogP contribution in [0.25, 0.3) is 0 Å². The average molecular weight is 131 g/mol. The zero-order chi connectivity index (χ0) is 7.40. The first-order chi connectivity index (χ1) is 4.79. The van der Waals surface area contributed by atoms with E-state index in [1.807, 2.05) is 0 Å². The van der Waals surface area contributed by atoms with Crippen molar-refractivity contribution in [3.8, 4) is 0 Å². The molecule has 0 unspecified atom stereocenters. The summed E-state index contributed by atoms with van der Waals surface area (Å²) in [5.41, 5.74) is 2.67. The predicted octanol–water partition coefficient (Wildman–Crippen LogP) is 1.07. The van der Waals surface area contributed by atoms with Crippen molar-refractivity contribution in [1.29, 1.82) is 0 Å². The SMILES string of the molecule is [B]C1=C=C(O)C=CCC=N1. The minimum absolute atomic E-state index is 0.0225. The van der Waals surface area contributed by atoms with Gasteiger partial charge in [-0.25, -0.2) is 0 Å². The molecule has 0 aromatic carbocycles. The molecule has 1 rings (SSSR count). The molecule has 0 spiro atoms. The van der Waals surface area contributed by atoms with Crippen LogP contribution in [0.1, 0.15) is 6.42 Å². The Morgan fingerprint density at radius 2 is 2.50 bits per heavy atom. The predicted molar refractivity (Wildman–Crippen MR) is 41.2 cm³/mol. The van der Waals surface area contributed by atoms with Gasteiger partial charge in [0, 0.05) is 18.2 Å². The number of hydrogen-bond donors (Lipinski definition) is 1. The summed E-state index contributed by atoms with van der Waals surface area (Å²) in [5, 5.41) is 8.93. The van der Waals surface area contributed by atoms with Crippen molar-refractivity contribution in [1.82, 2.24) is 0 Å². The van der Waals surface area contributed by atoms with Gasteiger partial charge in [-0.3, -0.25) is 4.99 Å². The lowest BCUT2D eigenvalue weighted by Gasteiger charge is -1.91. The van der Waals surface area contributed by atoms with Gasteiger partial charge in [-0.2, -0.15) is 0 Å². The zero-order valence-electron chi connectivity index (χ0n) is 5.41. The first-order valence-corrected chi connectivity index (χ1v) is 2.93. The van der Waals surface area contributed by atoms with Gasteiger partial charge in [-0.15, -0.1) is 0 Å². The smallest absolute Gasteiger partial charge is 0.159 e. The standard InChI is InChI=1S/C7H6BNO/c8-7-5-6(10)3-1-2-4-9-7/h1,3-4,10H,2H2. The molecular weight excluding hydrogens is 125 g/mol. The largest absolute Gasteiger partial charge is 0.501 e. The summed E-state index contributed by atoms with van der Waals surface area (Å²) < 4.78 is 0. The highest BCUT2D eigenvalue weighted by Crippen LogP contribution is 1.97. The minimum atomic E-state index is 0.0225. The van der Waals surface area contributed by atoms with Crippen LogP contribution in [-0.2, 0) is 0 Å². The number of nitrogens with zero attached hydrogens (tertiary/aromatic N) is 1. The Hall–Kier alpha value is -1.21. The molecule has 0 fully saturated rings. The Bertz CT molecular complexity index is 224. The fourth-order valence-corrected chi connectivity index (χ4v) is 0.597. The molecular formula is C7H6BNO. The molecule has 10 heavy (non-hydrogen) atoms. The maximum absolute atomic E-state index is 8.93. The first-order valence-electron chi connectivity index (χ1n) is 2.93. The number of aliphatic hydroxyl groups excluding tert-OH is 1. The van der Waals surface area contributed by atoms with Gasteiger partial charge in [-0.1, -0.05) is 11.8 Å². The van der Waals surface area contributed by atoms with Crippen molar-refractivity contribution in [2.75, 3.05) is 0 Å². The molecule has 0 aromatic rings. The third-order valence-electron chi connectivity index (χ3n) is 1.00. The fraction of sp³-hybridized carbons (Fsp3) is 0.143. The van der Waals surface area contributed by atoms with E-state index in [1.165, 1.54) is 6.08 Å². The highest BCUT2D eigenvalue weighted by Gasteiger charge is 1.86. The van der Waals surface area contributed by atoms with Crippen LogP contribution in [0.2, 0.25) is 0 Å². The molecule has 1 heterocycles. The van der Waals surface area contributed by atoms with E-state index in [0.29, 0.717) is 6.42 Å². The van der Waals surface area contributed by atoms with Crippen LogP contribution in [0.15, 0.2) is 34.2 Å². The molecule has 1 aliphatic rings. The van der Waals surface area contributed by atoms with Crippen LogP contribution in [0, 0.1) is 0 Å². The Labute approximate surface area is 60.7 Å². The van der Waals surface area contributed by atoms with E-state index in [9.17, 15) is 0 Å². The third kappa shape index (κ3) is 1.96. The van der Waals surface area contributed by atoms with Crippen LogP contribution >= 0.6 is 0 Å². The quantitative estimate of drug-likeness (QED) is 0.387. The van der Waals surface area contributed by atoms with E-state index in [1.54, 1.807) is 12.3 Å². The van der Waals surface area contributed by atoms with Gasteiger partial charge in [0.15, 0.2) is 13.6 Å². The van der Waals surface area contributed by atoms with Crippen LogP contribution in [-0.4, -0.2) is 19.2 Å². The molecule has 1 aliphatic heterocycles. The van der Waals surface area contributed by atoms with Crippen molar-refractivity contribution in [3.05, 3.63) is 29.2 Å². The second-order valence-corrected chi connectivity index (χ2v) is 1.85. The third-order valence-corrected chi connectivity index (χ3v) is 1.00. The topological polar surface area (TPSA) is 32.6 Å². The van der Waals surface area contributed by atoms with Gasteiger partial charge in [-0.05, 0) is 6.08 Å². The summed E-state index contributed by atoms with van der Waals surface area (Å²) in [6, 6.07) is 0. The molecule has 0 saturated heterocycles. The van der Waals surface area contributed by atoms with E-state index in [4.69, 9.17) is 13.0 Å². The highest BCUT2D eigenvalue weighted by molar-refractivity contribution is 6.21. The number of aliphatic imine (C=N–C) groups is 1. The molecule has 0 aromatic heterocycles. The second kappa shape index (κ2) is 3.09. The van der Waals surface area contributed by atoms with Crippen LogP contribution in [0.3, 0.4) is 0 Å². The van der Waals surface area contributed by atoms with Crippen LogP contribution in [0.4, 0.5) is 0 Å². The lowest BCUT2D eigenvalue weighted by molar-refractivity contribution is 0.433. The molecule has 3 heteroatoms. The number of allylic oxidation sites excluding steroid dienone is 2. The Balaban J connectivity index is 3.03. The van der Waals surface area contributed by atoms with E-state index in [0.717, 1.165) is 0 Å². The first kappa shape index (κ1) is 6.91. The molecule has 48 valence electrons. The zero-order valence-corrected chi connectivity index (χ0v) is 5.41. The number of rotatable bonds is 0. The summed E-state index contributed by atoms with van der Waals surface area (Å²) in [4.78, 5) is 3.76. The summed E-state index contributed by atoms with van der Waals surface area (Å²) in [7, 11) is 5.29. The lowest BCUT2D eigenvalue weighted by Crippen LogP contribution is -1.81. The van der Waals surface area contributed by atoms with Crippen molar-refractivity contribution >= 4 is 14.1 Å². The van der Waals surface area contributed by atoms with Crippen molar-refractivity contribution in [2.45, 2.75) is 6.42 Å². The summed E-state index contributed by atoms with van der Waals surface area (Å²) in [6.45, 7) is 0. The molecule has 0 aliphatic carbocycles. The molecule has 0 saturated carbocycles. The minimum Gasteiger partial charge on any atom is -0.501 e. The second-order valence-electron chi connectivity index (χ2n) is 1.85. The van der Waals surface area contributed by atoms with Crippen molar-refractivity contribution < 1.29 is 5.11 Å². The van der Waals surface area contributed by atoms with Gasteiger partial charge in [0.05, 0.1) is 0 Å². The van der Waals surface area contributed by atoms with Gasteiger partial charge in [0.1, 0.15) is 0 Å². The van der Waals surface area contributed by atoms with Gasteiger partial charge in [0.2, 0.25) is 0 Å². The molecule has 2 radical (unpaired) electrons. The van der Waals surface area contributed by atoms with Gasteiger partial charge in [0.25, 0.3) is 0 Å². The monoisotopic (exact) mass is 131 g/mol. The summed E-state index contributed by atoms with van der Waals surface area (Å²) >= 11 is 0. The molecule has 2 nitrogen and oxygen atoms in total. The lowest BCUT2D eigenvalue weighted by atomic mass is 10.1. The van der Waals surface area contributed by atoms with E-state index in [-0.39, 0.29) is 11.4 Å². The van der Waals surface area contributed by atoms with Gasteiger partial charge < -0.3 is 5.11 Å². The number of aliphatic hydroxyl groups is 1. The summed E-state index contributed by atoms with van der Waals surface area (Å²) in [6.07, 6.45) is 5.66. The van der Waals surface area contributed by atoms with E-state index < -0.39 is 0 Å². The summed E-state index contributed by atoms with van der Waals surface area (Å²) in [5.74, 6) is 0.0225. The normalized spacial score (nSPS) is 17.2. The molecule has 1 N–H and O–H groups in total. The Kier molecular flexibility index (Phi) is 2.13. The molecule has 0 atom stereocenters. The maximum atomic E-state index is 8.93. The van der Waals surface area contributed by atoms with E-state index >= 15 is 0 Å². The maximum Gasteiger partial charge on any atom is 0.159 e. The van der Waals surface area contributed by atoms with Crippen LogP contribution in [0.5, 0.6) is 0 Å². The Morgan fingerprint density at radius 1 is 1.70 bits per heavy atom. The van der Waals surface area contributed by atoms with Crippen molar-refractivity contribution in [3.63, 3.8) is 0 Å². The van der Waals surface area contributed by atoms with Crippen LogP contribution < -0.4 is 0 Å². The van der Waals surface area contributed by atoms with Crippen molar-refractivity contribution in [2.24, 2.45) is 4.99 Å². The molecule has 0 bridgehead atoms. The van der Waals surface area contributed by atoms with Gasteiger partial charge >= 0.3 is 0 Å². The highest BCUT2D eigenvalue weighted by atomic mass is 16.3.